The second kappa shape index (κ2) is 1.10. The molecule has 3 aliphatic rings. The first kappa shape index (κ1) is 4.80. The maximum absolute atomic E-state index is 8.85. The Hall–Kier alpha value is -0.0400. The van der Waals surface area contributed by atoms with Crippen LogP contribution in [-0.4, -0.2) is 11.7 Å². The molecule has 0 aromatic heterocycles. The molecule has 0 aromatic rings. The van der Waals surface area contributed by atoms with E-state index < -0.39 is 0 Å². The zero-order chi connectivity index (χ0) is 5.78. The van der Waals surface area contributed by atoms with Crippen molar-refractivity contribution in [1.29, 1.82) is 0 Å². The topological polar surface area (TPSA) is 20.2 Å². The van der Waals surface area contributed by atoms with Crippen LogP contribution in [0.5, 0.6) is 0 Å². The van der Waals surface area contributed by atoms with E-state index in [9.17, 15) is 0 Å². The number of rotatable bonds is 1. The Balaban J connectivity index is 2.08. The average Bonchev–Trinajstić information content (AvgIpc) is 1.64. The molecule has 1 N–H and O–H groups in total. The lowest BCUT2D eigenvalue weighted by molar-refractivity contribution is -0.203. The summed E-state index contributed by atoms with van der Waals surface area (Å²) in [5.41, 5.74) is 0.421. The highest BCUT2D eigenvalue weighted by molar-refractivity contribution is 5.11. The smallest absolute Gasteiger partial charge is 0.0490 e. The lowest BCUT2D eigenvalue weighted by Gasteiger charge is -2.67. The van der Waals surface area contributed by atoms with Gasteiger partial charge in [0.05, 0.1) is 0 Å². The molecular formula is C7H12O. The molecule has 3 saturated carbocycles. The Bertz CT molecular complexity index is 108. The van der Waals surface area contributed by atoms with Gasteiger partial charge in [0, 0.05) is 6.61 Å². The molecule has 0 radical (unpaired) electrons. The fourth-order valence-corrected chi connectivity index (χ4v) is 2.16. The fourth-order valence-electron chi connectivity index (χ4n) is 2.16. The maximum Gasteiger partial charge on any atom is 0.0490 e. The Morgan fingerprint density at radius 3 is 2.25 bits per heavy atom. The summed E-state index contributed by atoms with van der Waals surface area (Å²) in [5.74, 6) is 1.83. The van der Waals surface area contributed by atoms with Crippen molar-refractivity contribution in [3.05, 3.63) is 0 Å². The highest BCUT2D eigenvalue weighted by Gasteiger charge is 2.62. The van der Waals surface area contributed by atoms with E-state index in [4.69, 9.17) is 5.11 Å². The molecule has 1 heteroatoms. The highest BCUT2D eigenvalue weighted by atomic mass is 16.3. The van der Waals surface area contributed by atoms with Gasteiger partial charge in [0.25, 0.3) is 0 Å². The van der Waals surface area contributed by atoms with Gasteiger partial charge >= 0.3 is 0 Å². The van der Waals surface area contributed by atoms with Crippen molar-refractivity contribution in [1.82, 2.24) is 0 Å². The van der Waals surface area contributed by atoms with Gasteiger partial charge in [0.15, 0.2) is 0 Å². The minimum absolute atomic E-state index is 0.421. The van der Waals surface area contributed by atoms with Crippen molar-refractivity contribution in [2.24, 2.45) is 17.3 Å². The van der Waals surface area contributed by atoms with Crippen molar-refractivity contribution >= 4 is 0 Å². The third kappa shape index (κ3) is 0.278. The Morgan fingerprint density at radius 1 is 1.62 bits per heavy atom. The quantitative estimate of drug-likeness (QED) is 0.537. The highest BCUT2D eigenvalue weighted by Crippen LogP contribution is 2.68. The molecule has 3 fully saturated rings. The minimum atomic E-state index is 0.421. The van der Waals surface area contributed by atoms with Gasteiger partial charge in [-0.25, -0.2) is 0 Å². The van der Waals surface area contributed by atoms with E-state index in [-0.39, 0.29) is 0 Å². The van der Waals surface area contributed by atoms with Crippen LogP contribution in [0.3, 0.4) is 0 Å². The molecular weight excluding hydrogens is 100 g/mol. The molecule has 1 nitrogen and oxygen atoms in total. The van der Waals surface area contributed by atoms with Gasteiger partial charge in [0.2, 0.25) is 0 Å². The summed E-state index contributed by atoms with van der Waals surface area (Å²) in [6.07, 6.45) is 2.62. The van der Waals surface area contributed by atoms with Gasteiger partial charge in [-0.1, -0.05) is 6.92 Å². The largest absolute Gasteiger partial charge is 0.396 e. The third-order valence-corrected chi connectivity index (χ3v) is 3.33. The molecule has 0 saturated heterocycles. The number of hydrogen-bond donors (Lipinski definition) is 1. The molecule has 2 bridgehead atoms. The van der Waals surface area contributed by atoms with Crippen molar-refractivity contribution in [2.45, 2.75) is 19.8 Å². The fraction of sp³-hybridized carbons (Fsp3) is 1.00. The van der Waals surface area contributed by atoms with Crippen LogP contribution in [-0.2, 0) is 0 Å². The van der Waals surface area contributed by atoms with Gasteiger partial charge in [-0.05, 0) is 30.1 Å². The van der Waals surface area contributed by atoms with Gasteiger partial charge in [-0.2, -0.15) is 0 Å². The SMILES string of the molecule is CC1C2CC1(CO)C2. The van der Waals surface area contributed by atoms with Crippen LogP contribution in [0.2, 0.25) is 0 Å². The van der Waals surface area contributed by atoms with E-state index in [2.05, 4.69) is 6.92 Å². The molecule has 3 aliphatic carbocycles. The lowest BCUT2D eigenvalue weighted by Crippen LogP contribution is -2.61. The molecule has 8 heavy (non-hydrogen) atoms. The van der Waals surface area contributed by atoms with E-state index in [0.29, 0.717) is 12.0 Å². The lowest BCUT2D eigenvalue weighted by atomic mass is 9.38. The summed E-state index contributed by atoms with van der Waals surface area (Å²) < 4.78 is 0. The van der Waals surface area contributed by atoms with Crippen molar-refractivity contribution < 1.29 is 5.11 Å². The summed E-state index contributed by atoms with van der Waals surface area (Å²) in [5, 5.41) is 8.85. The van der Waals surface area contributed by atoms with Gasteiger partial charge in [-0.3, -0.25) is 0 Å². The predicted molar refractivity (Wildman–Crippen MR) is 31.4 cm³/mol. The van der Waals surface area contributed by atoms with Crippen LogP contribution in [0.25, 0.3) is 0 Å². The summed E-state index contributed by atoms with van der Waals surface area (Å²) in [4.78, 5) is 0. The molecule has 0 aliphatic heterocycles. The number of hydrogen-bond acceptors (Lipinski definition) is 1. The van der Waals surface area contributed by atoms with Crippen LogP contribution in [0.4, 0.5) is 0 Å². The normalized spacial score (nSPS) is 59.2. The van der Waals surface area contributed by atoms with E-state index in [1.54, 1.807) is 0 Å². The molecule has 3 rings (SSSR count). The molecule has 0 aromatic carbocycles. The van der Waals surface area contributed by atoms with Crippen LogP contribution in [0.1, 0.15) is 19.8 Å². The summed E-state index contributed by atoms with van der Waals surface area (Å²) in [6.45, 7) is 2.69. The maximum atomic E-state index is 8.85. The standard InChI is InChI=1S/C7H12O/c1-5-6-2-7(5,3-6)4-8/h5-6,8H,2-4H2,1H3. The van der Waals surface area contributed by atoms with Crippen molar-refractivity contribution in [3.63, 3.8) is 0 Å². The Morgan fingerprint density at radius 2 is 2.25 bits per heavy atom. The van der Waals surface area contributed by atoms with E-state index >= 15 is 0 Å². The van der Waals surface area contributed by atoms with Crippen LogP contribution in [0.15, 0.2) is 0 Å². The molecule has 0 heterocycles. The third-order valence-electron chi connectivity index (χ3n) is 3.33. The van der Waals surface area contributed by atoms with Crippen molar-refractivity contribution in [3.8, 4) is 0 Å². The first-order valence-electron chi connectivity index (χ1n) is 3.39. The van der Waals surface area contributed by atoms with E-state index in [1.165, 1.54) is 12.8 Å². The van der Waals surface area contributed by atoms with Crippen LogP contribution in [0, 0.1) is 17.3 Å². The zero-order valence-electron chi connectivity index (χ0n) is 5.22. The average molecular weight is 112 g/mol. The van der Waals surface area contributed by atoms with Crippen LogP contribution >= 0.6 is 0 Å². The molecule has 0 amide bonds. The Kier molecular flexibility index (Phi) is 0.663. The molecule has 1 atom stereocenters. The van der Waals surface area contributed by atoms with Crippen LogP contribution < -0.4 is 0 Å². The first-order valence-corrected chi connectivity index (χ1v) is 3.39. The molecule has 0 spiro atoms. The van der Waals surface area contributed by atoms with Gasteiger partial charge < -0.3 is 5.11 Å². The second-order valence-electron chi connectivity index (χ2n) is 3.48. The number of aliphatic hydroxyl groups is 1. The Labute approximate surface area is 49.7 Å². The van der Waals surface area contributed by atoms with Gasteiger partial charge in [0.1, 0.15) is 0 Å². The second-order valence-corrected chi connectivity index (χ2v) is 3.48. The van der Waals surface area contributed by atoms with E-state index in [0.717, 1.165) is 11.8 Å². The zero-order valence-corrected chi connectivity index (χ0v) is 5.22. The molecule has 46 valence electrons. The van der Waals surface area contributed by atoms with Gasteiger partial charge in [-0.15, -0.1) is 0 Å². The first-order chi connectivity index (χ1) is 3.78. The molecule has 1 unspecified atom stereocenters. The summed E-state index contributed by atoms with van der Waals surface area (Å²) in [7, 11) is 0. The number of aliphatic hydroxyl groups excluding tert-OH is 1. The van der Waals surface area contributed by atoms with Crippen molar-refractivity contribution in [2.75, 3.05) is 6.61 Å². The minimum Gasteiger partial charge on any atom is -0.396 e. The predicted octanol–water partition coefficient (Wildman–Crippen LogP) is 1.02. The monoisotopic (exact) mass is 112 g/mol. The van der Waals surface area contributed by atoms with E-state index in [1.807, 2.05) is 0 Å². The summed E-state index contributed by atoms with van der Waals surface area (Å²) in [6, 6.07) is 0. The summed E-state index contributed by atoms with van der Waals surface area (Å²) >= 11 is 0.